The van der Waals surface area contributed by atoms with E-state index >= 15 is 0 Å². The van der Waals surface area contributed by atoms with Gasteiger partial charge >= 0.3 is 0 Å². The topological polar surface area (TPSA) is 66.5 Å². The van der Waals surface area contributed by atoms with Crippen molar-refractivity contribution >= 4 is 15.9 Å². The number of rotatable bonds is 4. The summed E-state index contributed by atoms with van der Waals surface area (Å²) in [6.07, 6.45) is 5.57. The Kier molecular flexibility index (Phi) is 5.16. The molecule has 0 spiro atoms. The molecule has 1 rings (SSSR count). The fraction of sp³-hybridized carbons (Fsp3) is 0.917. The maximum absolute atomic E-state index is 12.2. The predicted octanol–water partition coefficient (Wildman–Crippen LogP) is 0.961. The number of amides is 1. The Morgan fingerprint density at radius 3 is 2.39 bits per heavy atom. The van der Waals surface area contributed by atoms with Crippen molar-refractivity contribution in [1.82, 2.24) is 9.62 Å². The fourth-order valence-corrected chi connectivity index (χ4v) is 3.46. The van der Waals surface area contributed by atoms with Crippen molar-refractivity contribution in [2.24, 2.45) is 5.92 Å². The molecule has 0 aromatic rings. The Labute approximate surface area is 110 Å². The Balaban J connectivity index is 2.65. The second kappa shape index (κ2) is 6.02. The highest BCUT2D eigenvalue weighted by atomic mass is 32.2. The van der Waals surface area contributed by atoms with E-state index in [0.717, 1.165) is 25.5 Å². The molecule has 1 aliphatic rings. The zero-order valence-electron chi connectivity index (χ0n) is 11.6. The SMILES string of the molecule is CC(NS(C)(=O)=O)C(=O)N(C)C1CCCCC1C. The molecule has 1 aliphatic carbocycles. The van der Waals surface area contributed by atoms with Crippen molar-refractivity contribution in [2.75, 3.05) is 13.3 Å². The van der Waals surface area contributed by atoms with E-state index < -0.39 is 16.1 Å². The summed E-state index contributed by atoms with van der Waals surface area (Å²) in [6, 6.07) is -0.464. The number of carbonyl (C=O) groups is 1. The molecule has 1 amide bonds. The van der Waals surface area contributed by atoms with Gasteiger partial charge in [-0.05, 0) is 25.7 Å². The van der Waals surface area contributed by atoms with E-state index in [1.807, 2.05) is 0 Å². The van der Waals surface area contributed by atoms with Gasteiger partial charge in [0.15, 0.2) is 0 Å². The van der Waals surface area contributed by atoms with Gasteiger partial charge in [0.25, 0.3) is 0 Å². The summed E-state index contributed by atoms with van der Waals surface area (Å²) >= 11 is 0. The third kappa shape index (κ3) is 4.24. The van der Waals surface area contributed by atoms with Crippen molar-refractivity contribution < 1.29 is 13.2 Å². The molecule has 0 heterocycles. The first kappa shape index (κ1) is 15.4. The number of sulfonamides is 1. The summed E-state index contributed by atoms with van der Waals surface area (Å²) in [7, 11) is -1.57. The second-order valence-electron chi connectivity index (χ2n) is 5.39. The molecule has 5 nitrogen and oxygen atoms in total. The first-order valence-corrected chi connectivity index (χ1v) is 8.35. The van der Waals surface area contributed by atoms with E-state index in [9.17, 15) is 13.2 Å². The van der Waals surface area contributed by atoms with E-state index in [4.69, 9.17) is 0 Å². The summed E-state index contributed by atoms with van der Waals surface area (Å²) in [6.45, 7) is 3.75. The summed E-state index contributed by atoms with van der Waals surface area (Å²) in [5.74, 6) is 0.331. The average molecular weight is 276 g/mol. The lowest BCUT2D eigenvalue weighted by molar-refractivity contribution is -0.135. The highest BCUT2D eigenvalue weighted by molar-refractivity contribution is 7.88. The van der Waals surface area contributed by atoms with Crippen molar-refractivity contribution in [1.29, 1.82) is 0 Å². The maximum atomic E-state index is 12.2. The van der Waals surface area contributed by atoms with Crippen LogP contribution in [0.25, 0.3) is 0 Å². The molecule has 0 aromatic carbocycles. The second-order valence-corrected chi connectivity index (χ2v) is 7.17. The van der Waals surface area contributed by atoms with Gasteiger partial charge in [-0.2, -0.15) is 0 Å². The zero-order valence-corrected chi connectivity index (χ0v) is 12.5. The molecule has 106 valence electrons. The molecule has 1 saturated carbocycles. The van der Waals surface area contributed by atoms with Gasteiger partial charge in [0.2, 0.25) is 15.9 Å². The van der Waals surface area contributed by atoms with Crippen LogP contribution in [-0.4, -0.2) is 44.6 Å². The smallest absolute Gasteiger partial charge is 0.240 e. The minimum atomic E-state index is -3.34. The lowest BCUT2D eigenvalue weighted by Crippen LogP contribution is -2.50. The normalized spacial score (nSPS) is 26.7. The molecule has 3 unspecified atom stereocenters. The molecule has 1 N–H and O–H groups in total. The van der Waals surface area contributed by atoms with Crippen LogP contribution in [0.1, 0.15) is 39.5 Å². The highest BCUT2D eigenvalue weighted by Gasteiger charge is 2.30. The molecular weight excluding hydrogens is 252 g/mol. The van der Waals surface area contributed by atoms with Crippen LogP contribution in [0, 0.1) is 5.92 Å². The molecule has 6 heteroatoms. The van der Waals surface area contributed by atoms with E-state index in [1.165, 1.54) is 6.42 Å². The maximum Gasteiger partial charge on any atom is 0.240 e. The van der Waals surface area contributed by atoms with Crippen molar-refractivity contribution in [3.05, 3.63) is 0 Å². The van der Waals surface area contributed by atoms with Crippen LogP contribution in [0.2, 0.25) is 0 Å². The molecule has 1 fully saturated rings. The van der Waals surface area contributed by atoms with Crippen LogP contribution in [0.4, 0.5) is 0 Å². The quantitative estimate of drug-likeness (QED) is 0.831. The van der Waals surface area contributed by atoms with Gasteiger partial charge < -0.3 is 4.90 Å². The van der Waals surface area contributed by atoms with Gasteiger partial charge in [0.1, 0.15) is 0 Å². The standard InChI is InChI=1S/C12H24N2O3S/c1-9-7-5-6-8-11(9)14(3)12(15)10(2)13-18(4,16)17/h9-11,13H,5-8H2,1-4H3. The Bertz CT molecular complexity index is 394. The van der Waals surface area contributed by atoms with E-state index in [2.05, 4.69) is 11.6 Å². The molecule has 0 aromatic heterocycles. The number of hydrogen-bond acceptors (Lipinski definition) is 3. The summed E-state index contributed by atoms with van der Waals surface area (Å²) in [5, 5.41) is 0. The molecule has 0 bridgehead atoms. The molecule has 0 aliphatic heterocycles. The third-order valence-corrected chi connectivity index (χ3v) is 4.45. The van der Waals surface area contributed by atoms with Crippen molar-refractivity contribution in [2.45, 2.75) is 51.6 Å². The van der Waals surface area contributed by atoms with E-state index in [-0.39, 0.29) is 11.9 Å². The van der Waals surface area contributed by atoms with Gasteiger partial charge in [0, 0.05) is 13.1 Å². The van der Waals surface area contributed by atoms with Crippen molar-refractivity contribution in [3.63, 3.8) is 0 Å². The summed E-state index contributed by atoms with van der Waals surface area (Å²) < 4.78 is 24.6. The van der Waals surface area contributed by atoms with Gasteiger partial charge in [-0.3, -0.25) is 4.79 Å². The molecule has 0 saturated heterocycles. The lowest BCUT2D eigenvalue weighted by Gasteiger charge is -2.37. The average Bonchev–Trinajstić information content (AvgIpc) is 2.25. The van der Waals surface area contributed by atoms with Crippen LogP contribution in [0.5, 0.6) is 0 Å². The third-order valence-electron chi connectivity index (χ3n) is 3.67. The van der Waals surface area contributed by atoms with Gasteiger partial charge in [-0.1, -0.05) is 19.8 Å². The largest absolute Gasteiger partial charge is 0.341 e. The number of nitrogens with one attached hydrogen (secondary N) is 1. The molecule has 3 atom stereocenters. The minimum Gasteiger partial charge on any atom is -0.341 e. The number of hydrogen-bond donors (Lipinski definition) is 1. The predicted molar refractivity (Wildman–Crippen MR) is 71.6 cm³/mol. The van der Waals surface area contributed by atoms with Crippen LogP contribution >= 0.6 is 0 Å². The molecular formula is C12H24N2O3S. The minimum absolute atomic E-state index is 0.154. The van der Waals surface area contributed by atoms with Crippen LogP contribution in [-0.2, 0) is 14.8 Å². The lowest BCUT2D eigenvalue weighted by atomic mass is 9.85. The summed E-state index contributed by atoms with van der Waals surface area (Å²) in [5.41, 5.74) is 0. The van der Waals surface area contributed by atoms with Crippen LogP contribution in [0.3, 0.4) is 0 Å². The first-order valence-electron chi connectivity index (χ1n) is 6.46. The Morgan fingerprint density at radius 2 is 1.89 bits per heavy atom. The number of carbonyl (C=O) groups excluding carboxylic acids is 1. The van der Waals surface area contributed by atoms with Crippen molar-refractivity contribution in [3.8, 4) is 0 Å². The van der Waals surface area contributed by atoms with Gasteiger partial charge in [0.05, 0.1) is 12.3 Å². The van der Waals surface area contributed by atoms with Gasteiger partial charge in [-0.15, -0.1) is 0 Å². The fourth-order valence-electron chi connectivity index (χ4n) is 2.71. The van der Waals surface area contributed by atoms with E-state index in [0.29, 0.717) is 5.92 Å². The monoisotopic (exact) mass is 276 g/mol. The summed E-state index contributed by atoms with van der Waals surface area (Å²) in [4.78, 5) is 13.9. The number of likely N-dealkylation sites (N-methyl/N-ethyl adjacent to an activating group) is 1. The Hall–Kier alpha value is -0.620. The number of nitrogens with zero attached hydrogens (tertiary/aromatic N) is 1. The van der Waals surface area contributed by atoms with Crippen LogP contribution in [0.15, 0.2) is 0 Å². The first-order chi connectivity index (χ1) is 8.22. The zero-order chi connectivity index (χ0) is 13.9. The van der Waals surface area contributed by atoms with Crippen LogP contribution < -0.4 is 4.72 Å². The van der Waals surface area contributed by atoms with E-state index in [1.54, 1.807) is 18.9 Å². The Morgan fingerprint density at radius 1 is 1.33 bits per heavy atom. The highest BCUT2D eigenvalue weighted by Crippen LogP contribution is 2.27. The van der Waals surface area contributed by atoms with Gasteiger partial charge in [-0.25, -0.2) is 13.1 Å². The molecule has 18 heavy (non-hydrogen) atoms. The molecule has 0 radical (unpaired) electrons.